The van der Waals surface area contributed by atoms with Crippen molar-refractivity contribution < 1.29 is 23.7 Å². The van der Waals surface area contributed by atoms with E-state index in [4.69, 9.17) is 36.3 Å². The van der Waals surface area contributed by atoms with E-state index in [1.54, 1.807) is 27.6 Å². The van der Waals surface area contributed by atoms with Crippen LogP contribution in [-0.2, 0) is 18.9 Å². The van der Waals surface area contributed by atoms with Crippen LogP contribution in [0.5, 0.6) is 0 Å². The minimum atomic E-state index is -0.747. The zero-order valence-electron chi connectivity index (χ0n) is 20.4. The number of rotatable bonds is 4. The molecule has 0 spiro atoms. The number of carbonyl (C=O) groups excluding carboxylic acids is 1. The number of aromatic nitrogens is 4. The Morgan fingerprint density at radius 3 is 2.80 bits per heavy atom. The third-order valence-electron chi connectivity index (χ3n) is 6.11. The van der Waals surface area contributed by atoms with Crippen LogP contribution >= 0.6 is 23.4 Å². The van der Waals surface area contributed by atoms with E-state index < -0.39 is 17.6 Å². The van der Waals surface area contributed by atoms with E-state index in [9.17, 15) is 4.79 Å². The number of nitrogens with zero attached hydrogens (tertiary/aromatic N) is 5. The van der Waals surface area contributed by atoms with Gasteiger partial charge in [0.05, 0.1) is 12.4 Å². The molecule has 0 aromatic carbocycles. The molecule has 35 heavy (non-hydrogen) atoms. The smallest absolute Gasteiger partial charge is 0.410 e. The molecule has 0 saturated carbocycles. The van der Waals surface area contributed by atoms with Gasteiger partial charge < -0.3 is 29.6 Å². The molecule has 5 atom stereocenters. The second-order valence-electron chi connectivity index (χ2n) is 10.5. The van der Waals surface area contributed by atoms with Crippen LogP contribution in [-0.4, -0.2) is 84.3 Å². The number of ether oxygens (including phenoxy) is 4. The van der Waals surface area contributed by atoms with E-state index in [2.05, 4.69) is 15.0 Å². The Kier molecular flexibility index (Phi) is 6.32. The van der Waals surface area contributed by atoms with Crippen LogP contribution in [0.2, 0.25) is 5.28 Å². The van der Waals surface area contributed by atoms with Crippen LogP contribution in [0.25, 0.3) is 11.2 Å². The largest absolute Gasteiger partial charge is 0.444 e. The van der Waals surface area contributed by atoms with Gasteiger partial charge in [-0.1, -0.05) is 0 Å². The second-order valence-corrected chi connectivity index (χ2v) is 12.2. The highest BCUT2D eigenvalue weighted by Gasteiger charge is 2.56. The molecule has 3 fully saturated rings. The number of thioether (sulfide) groups is 1. The van der Waals surface area contributed by atoms with Gasteiger partial charge in [0.15, 0.2) is 23.5 Å². The maximum Gasteiger partial charge on any atom is 0.410 e. The van der Waals surface area contributed by atoms with E-state index in [0.717, 1.165) is 6.42 Å². The lowest BCUT2D eigenvalue weighted by Crippen LogP contribution is -2.36. The molecule has 13 heteroatoms. The molecule has 192 valence electrons. The molecule has 3 aliphatic rings. The highest BCUT2D eigenvalue weighted by atomic mass is 35.5. The molecule has 0 radical (unpaired) electrons. The minimum Gasteiger partial charge on any atom is -0.444 e. The van der Waals surface area contributed by atoms with Gasteiger partial charge in [-0.15, -0.1) is 0 Å². The summed E-state index contributed by atoms with van der Waals surface area (Å²) in [5.41, 5.74) is 6.42. The Labute approximate surface area is 213 Å². The average molecular weight is 527 g/mol. The van der Waals surface area contributed by atoms with Gasteiger partial charge in [0.25, 0.3) is 0 Å². The van der Waals surface area contributed by atoms with Crippen molar-refractivity contribution in [1.29, 1.82) is 0 Å². The molecule has 5 heterocycles. The zero-order valence-corrected chi connectivity index (χ0v) is 22.0. The summed E-state index contributed by atoms with van der Waals surface area (Å²) in [6, 6.07) is 0. The van der Waals surface area contributed by atoms with E-state index in [1.807, 2.05) is 34.6 Å². The number of nitrogen functional groups attached to an aromatic ring is 1. The first-order valence-electron chi connectivity index (χ1n) is 11.7. The fraction of sp³-hybridized carbons (Fsp3) is 0.727. The van der Waals surface area contributed by atoms with Crippen molar-refractivity contribution in [2.75, 3.05) is 24.6 Å². The quantitative estimate of drug-likeness (QED) is 0.593. The van der Waals surface area contributed by atoms with Crippen LogP contribution in [0.4, 0.5) is 10.6 Å². The first-order valence-corrected chi connectivity index (χ1v) is 13.1. The first kappa shape index (κ1) is 24.8. The number of anilines is 1. The maximum atomic E-state index is 12.4. The molecule has 5 rings (SSSR count). The Balaban J connectivity index is 1.28. The molecule has 3 saturated heterocycles. The molecule has 0 aliphatic carbocycles. The molecule has 0 bridgehead atoms. The van der Waals surface area contributed by atoms with Crippen LogP contribution in [0, 0.1) is 0 Å². The lowest BCUT2D eigenvalue weighted by Gasteiger charge is -2.25. The summed E-state index contributed by atoms with van der Waals surface area (Å²) in [5.74, 6) is 0.151. The molecular weight excluding hydrogens is 496 g/mol. The lowest BCUT2D eigenvalue weighted by molar-refractivity contribution is -0.193. The monoisotopic (exact) mass is 526 g/mol. The summed E-state index contributed by atoms with van der Waals surface area (Å²) < 4.78 is 26.2. The van der Waals surface area contributed by atoms with Crippen molar-refractivity contribution in [3.8, 4) is 0 Å². The van der Waals surface area contributed by atoms with Gasteiger partial charge in [-0.25, -0.2) is 9.78 Å². The van der Waals surface area contributed by atoms with E-state index in [1.165, 1.54) is 0 Å². The topological polar surface area (TPSA) is 127 Å². The SMILES string of the molecule is CC(C)(C)OC(=O)N1CCC(SC[C@H]2O[C@@H](n3cnc4c(N)nc(Cl)nc43)[C@@H]3OC(C)(C)O[C@H]32)C1. The fourth-order valence-electron chi connectivity index (χ4n) is 4.70. The van der Waals surface area contributed by atoms with Crippen molar-refractivity contribution in [2.24, 2.45) is 0 Å². The number of imidazole rings is 1. The van der Waals surface area contributed by atoms with Crippen molar-refractivity contribution in [3.63, 3.8) is 0 Å². The van der Waals surface area contributed by atoms with Gasteiger partial charge in [0.2, 0.25) is 5.28 Å². The van der Waals surface area contributed by atoms with Gasteiger partial charge in [-0.3, -0.25) is 4.57 Å². The summed E-state index contributed by atoms with van der Waals surface area (Å²) in [4.78, 5) is 26.8. The Morgan fingerprint density at radius 2 is 2.06 bits per heavy atom. The Hall–Kier alpha value is -1.86. The summed E-state index contributed by atoms with van der Waals surface area (Å²) in [7, 11) is 0. The normalized spacial score (nSPS) is 30.2. The van der Waals surface area contributed by atoms with Crippen molar-refractivity contribution in [2.45, 2.75) is 82.2 Å². The lowest BCUT2D eigenvalue weighted by atomic mass is 10.1. The van der Waals surface area contributed by atoms with Gasteiger partial charge in [0.1, 0.15) is 23.3 Å². The van der Waals surface area contributed by atoms with E-state index in [-0.39, 0.29) is 35.5 Å². The number of carbonyl (C=O) groups is 1. The molecule has 2 aromatic rings. The number of amides is 1. The molecular formula is C22H31ClN6O5S. The van der Waals surface area contributed by atoms with Crippen molar-refractivity contribution >= 4 is 46.4 Å². The third kappa shape index (κ3) is 5.04. The molecule has 3 aliphatic heterocycles. The molecule has 1 amide bonds. The minimum absolute atomic E-state index is 0.0399. The molecule has 1 unspecified atom stereocenters. The number of likely N-dealkylation sites (tertiary alicyclic amines) is 1. The number of hydrogen-bond donors (Lipinski definition) is 1. The first-order chi connectivity index (χ1) is 16.4. The van der Waals surface area contributed by atoms with Crippen molar-refractivity contribution in [3.05, 3.63) is 11.6 Å². The summed E-state index contributed by atoms with van der Waals surface area (Å²) in [6.45, 7) is 10.7. The number of nitrogens with two attached hydrogens (primary N) is 1. The van der Waals surface area contributed by atoms with Crippen LogP contribution < -0.4 is 5.73 Å². The molecule has 2 aromatic heterocycles. The van der Waals surface area contributed by atoms with Gasteiger partial charge >= 0.3 is 6.09 Å². The predicted octanol–water partition coefficient (Wildman–Crippen LogP) is 3.22. The zero-order chi connectivity index (χ0) is 25.1. The van der Waals surface area contributed by atoms with E-state index in [0.29, 0.717) is 35.3 Å². The van der Waals surface area contributed by atoms with Crippen LogP contribution in [0.3, 0.4) is 0 Å². The molecule has 2 N–H and O–H groups in total. The maximum absolute atomic E-state index is 12.4. The summed E-state index contributed by atoms with van der Waals surface area (Å²) in [5, 5.41) is 0.331. The number of halogens is 1. The van der Waals surface area contributed by atoms with Crippen LogP contribution in [0.15, 0.2) is 6.33 Å². The standard InChI is InChI=1S/C22H31ClN6O5S/c1-21(2,3)34-20(30)28-7-6-11(8-28)35-9-12-14-15(33-22(4,5)32-14)18(31-12)29-10-25-13-16(24)26-19(23)27-17(13)29/h10-12,14-15,18H,6-9H2,1-5H3,(H2,24,26,27)/t11?,12-,14+,15-,18-/m1/s1. The Morgan fingerprint density at radius 1 is 1.31 bits per heavy atom. The highest BCUT2D eigenvalue weighted by molar-refractivity contribution is 8.00. The fourth-order valence-corrected chi connectivity index (χ4v) is 6.16. The van der Waals surface area contributed by atoms with E-state index >= 15 is 0 Å². The van der Waals surface area contributed by atoms with Crippen molar-refractivity contribution in [1.82, 2.24) is 24.4 Å². The Bertz CT molecular complexity index is 1120. The average Bonchev–Trinajstić information content (AvgIpc) is 3.48. The predicted molar refractivity (Wildman–Crippen MR) is 131 cm³/mol. The second kappa shape index (κ2) is 8.91. The highest BCUT2D eigenvalue weighted by Crippen LogP contribution is 2.45. The van der Waals surface area contributed by atoms with Gasteiger partial charge in [-0.2, -0.15) is 21.7 Å². The number of fused-ring (bicyclic) bond motifs is 2. The third-order valence-corrected chi connectivity index (χ3v) is 7.66. The van der Waals surface area contributed by atoms with Gasteiger partial charge in [-0.05, 0) is 52.6 Å². The summed E-state index contributed by atoms with van der Waals surface area (Å²) in [6.07, 6.45) is 0.900. The van der Waals surface area contributed by atoms with Gasteiger partial charge in [0, 0.05) is 24.1 Å². The molecule has 11 nitrogen and oxygen atoms in total. The summed E-state index contributed by atoms with van der Waals surface area (Å²) >= 11 is 7.83. The number of hydrogen-bond acceptors (Lipinski definition) is 10. The van der Waals surface area contributed by atoms with Crippen LogP contribution in [0.1, 0.15) is 47.3 Å².